The van der Waals surface area contributed by atoms with Crippen LogP contribution in [0.1, 0.15) is 43.9 Å². The zero-order valence-electron chi connectivity index (χ0n) is 12.7. The minimum Gasteiger partial charge on any atom is -0.321 e. The van der Waals surface area contributed by atoms with Crippen LogP contribution in [0.4, 0.5) is 11.5 Å². The van der Waals surface area contributed by atoms with Crippen molar-refractivity contribution in [3.8, 4) is 6.07 Å². The van der Waals surface area contributed by atoms with Crippen LogP contribution in [0.2, 0.25) is 0 Å². The van der Waals surface area contributed by atoms with Crippen LogP contribution in [0.5, 0.6) is 0 Å². The standard InChI is InChI=1S/C18H18N4/c1-18-11-5-4-8-16(18)22(15-7-3-2-6-14(15)18)17-10-9-13(12-19)20-21-17/h2-3,6-7,9-10,16H,4-5,8,11H2,1H3/t16-,18-/m0/s1. The van der Waals surface area contributed by atoms with E-state index in [9.17, 15) is 0 Å². The predicted molar refractivity (Wildman–Crippen MR) is 84.9 cm³/mol. The summed E-state index contributed by atoms with van der Waals surface area (Å²) in [6.07, 6.45) is 4.93. The molecular weight excluding hydrogens is 272 g/mol. The van der Waals surface area contributed by atoms with E-state index in [-0.39, 0.29) is 5.41 Å². The molecule has 22 heavy (non-hydrogen) atoms. The van der Waals surface area contributed by atoms with Crippen molar-refractivity contribution in [2.75, 3.05) is 4.90 Å². The normalized spacial score (nSPS) is 26.2. The van der Waals surface area contributed by atoms with Gasteiger partial charge in [0.1, 0.15) is 6.07 Å². The van der Waals surface area contributed by atoms with E-state index in [4.69, 9.17) is 5.26 Å². The van der Waals surface area contributed by atoms with Crippen molar-refractivity contribution < 1.29 is 0 Å². The lowest BCUT2D eigenvalue weighted by atomic mass is 9.69. The molecule has 110 valence electrons. The average Bonchev–Trinajstić information content (AvgIpc) is 2.84. The Hall–Kier alpha value is -2.41. The fourth-order valence-corrected chi connectivity index (χ4v) is 4.17. The maximum Gasteiger partial charge on any atom is 0.163 e. The Labute approximate surface area is 130 Å². The number of rotatable bonds is 1. The molecule has 1 aliphatic carbocycles. The predicted octanol–water partition coefficient (Wildman–Crippen LogP) is 3.70. The fourth-order valence-electron chi connectivity index (χ4n) is 4.17. The third-order valence-electron chi connectivity index (χ3n) is 5.26. The van der Waals surface area contributed by atoms with Gasteiger partial charge in [-0.3, -0.25) is 0 Å². The van der Waals surface area contributed by atoms with Crippen LogP contribution in [-0.2, 0) is 5.41 Å². The summed E-state index contributed by atoms with van der Waals surface area (Å²) < 4.78 is 0. The molecule has 0 saturated heterocycles. The topological polar surface area (TPSA) is 52.8 Å². The molecule has 2 atom stereocenters. The molecule has 1 aliphatic heterocycles. The van der Waals surface area contributed by atoms with Gasteiger partial charge in [0, 0.05) is 17.1 Å². The van der Waals surface area contributed by atoms with E-state index in [1.54, 1.807) is 6.07 Å². The number of hydrogen-bond acceptors (Lipinski definition) is 4. The second-order valence-electron chi connectivity index (χ2n) is 6.45. The van der Waals surface area contributed by atoms with Crippen molar-refractivity contribution in [2.24, 2.45) is 0 Å². The van der Waals surface area contributed by atoms with Gasteiger partial charge in [-0.15, -0.1) is 10.2 Å². The maximum atomic E-state index is 8.91. The van der Waals surface area contributed by atoms with Crippen LogP contribution in [-0.4, -0.2) is 16.2 Å². The average molecular weight is 290 g/mol. The SMILES string of the molecule is C[C@@]12CCCC[C@@H]1N(c1ccc(C#N)nn1)c1ccccc12. The van der Waals surface area contributed by atoms with E-state index in [1.165, 1.54) is 36.9 Å². The van der Waals surface area contributed by atoms with Gasteiger partial charge in [-0.2, -0.15) is 5.26 Å². The van der Waals surface area contributed by atoms with Crippen LogP contribution < -0.4 is 4.90 Å². The molecule has 4 nitrogen and oxygen atoms in total. The Morgan fingerprint density at radius 1 is 1.18 bits per heavy atom. The summed E-state index contributed by atoms with van der Waals surface area (Å²) in [4.78, 5) is 2.34. The summed E-state index contributed by atoms with van der Waals surface area (Å²) in [6.45, 7) is 2.38. The van der Waals surface area contributed by atoms with Gasteiger partial charge >= 0.3 is 0 Å². The van der Waals surface area contributed by atoms with Gasteiger partial charge in [-0.25, -0.2) is 0 Å². The van der Waals surface area contributed by atoms with Gasteiger partial charge in [0.25, 0.3) is 0 Å². The highest BCUT2D eigenvalue weighted by molar-refractivity contribution is 5.72. The lowest BCUT2D eigenvalue weighted by Gasteiger charge is -2.40. The molecule has 0 spiro atoms. The molecule has 0 N–H and O–H groups in total. The molecular formula is C18H18N4. The summed E-state index contributed by atoms with van der Waals surface area (Å²) in [5.41, 5.74) is 3.22. The summed E-state index contributed by atoms with van der Waals surface area (Å²) in [6, 6.07) is 14.8. The second-order valence-corrected chi connectivity index (χ2v) is 6.45. The zero-order chi connectivity index (χ0) is 15.2. The molecule has 0 radical (unpaired) electrons. The van der Waals surface area contributed by atoms with E-state index in [1.807, 2.05) is 12.1 Å². The van der Waals surface area contributed by atoms with Gasteiger partial charge in [-0.1, -0.05) is 38.0 Å². The van der Waals surface area contributed by atoms with Crippen molar-refractivity contribution >= 4 is 11.5 Å². The lowest BCUT2D eigenvalue weighted by Crippen LogP contribution is -2.43. The highest BCUT2D eigenvalue weighted by atomic mass is 15.3. The number of benzene rings is 1. The van der Waals surface area contributed by atoms with Crippen LogP contribution >= 0.6 is 0 Å². The zero-order valence-corrected chi connectivity index (χ0v) is 12.7. The Balaban J connectivity index is 1.86. The van der Waals surface area contributed by atoms with Gasteiger partial charge in [0.2, 0.25) is 0 Å². The highest BCUT2D eigenvalue weighted by Crippen LogP contribution is 2.53. The Bertz CT molecular complexity index is 746. The molecule has 2 aliphatic rings. The first-order chi connectivity index (χ1) is 10.7. The maximum absolute atomic E-state index is 8.91. The van der Waals surface area contributed by atoms with E-state index < -0.39 is 0 Å². The summed E-state index contributed by atoms with van der Waals surface area (Å²) in [7, 11) is 0. The van der Waals surface area contributed by atoms with Gasteiger partial charge in [-0.05, 0) is 36.6 Å². The number of nitrogens with zero attached hydrogens (tertiary/aromatic N) is 4. The largest absolute Gasteiger partial charge is 0.321 e. The summed E-state index contributed by atoms with van der Waals surface area (Å²) in [5.74, 6) is 0.849. The van der Waals surface area contributed by atoms with E-state index >= 15 is 0 Å². The number of anilines is 2. The van der Waals surface area contributed by atoms with Crippen LogP contribution in [0.3, 0.4) is 0 Å². The third kappa shape index (κ3) is 1.75. The molecule has 1 aromatic carbocycles. The molecule has 4 heteroatoms. The van der Waals surface area contributed by atoms with Crippen LogP contribution in [0.15, 0.2) is 36.4 Å². The number of aromatic nitrogens is 2. The van der Waals surface area contributed by atoms with Crippen molar-refractivity contribution in [1.82, 2.24) is 10.2 Å². The molecule has 4 rings (SSSR count). The van der Waals surface area contributed by atoms with Crippen LogP contribution in [0.25, 0.3) is 0 Å². The van der Waals surface area contributed by atoms with Crippen molar-refractivity contribution in [1.29, 1.82) is 5.26 Å². The first kappa shape index (κ1) is 13.3. The quantitative estimate of drug-likeness (QED) is 0.803. The minimum absolute atomic E-state index is 0.185. The Morgan fingerprint density at radius 2 is 2.05 bits per heavy atom. The molecule has 1 aromatic heterocycles. The van der Waals surface area contributed by atoms with Crippen molar-refractivity contribution in [3.63, 3.8) is 0 Å². The van der Waals surface area contributed by atoms with Crippen molar-refractivity contribution in [2.45, 2.75) is 44.1 Å². The van der Waals surface area contributed by atoms with Gasteiger partial charge in [0.15, 0.2) is 11.5 Å². The smallest absolute Gasteiger partial charge is 0.163 e. The monoisotopic (exact) mass is 290 g/mol. The third-order valence-corrected chi connectivity index (χ3v) is 5.26. The summed E-state index contributed by atoms with van der Waals surface area (Å²) >= 11 is 0. The van der Waals surface area contributed by atoms with Crippen LogP contribution in [0, 0.1) is 11.3 Å². The summed E-state index contributed by atoms with van der Waals surface area (Å²) in [5, 5.41) is 17.2. The Kier molecular flexibility index (Phi) is 2.90. The van der Waals surface area contributed by atoms with E-state index in [0.717, 1.165) is 5.82 Å². The Morgan fingerprint density at radius 3 is 2.82 bits per heavy atom. The molecule has 1 fully saturated rings. The molecule has 1 saturated carbocycles. The second kappa shape index (κ2) is 4.81. The van der Waals surface area contributed by atoms with Crippen molar-refractivity contribution in [3.05, 3.63) is 47.7 Å². The molecule has 0 bridgehead atoms. The highest BCUT2D eigenvalue weighted by Gasteiger charge is 2.49. The molecule has 0 unspecified atom stereocenters. The first-order valence-electron chi connectivity index (χ1n) is 7.86. The number of hydrogen-bond donors (Lipinski definition) is 0. The fraction of sp³-hybridized carbons (Fsp3) is 0.389. The molecule has 0 amide bonds. The van der Waals surface area contributed by atoms with E-state index in [2.05, 4.69) is 46.3 Å². The molecule has 2 heterocycles. The number of para-hydroxylation sites is 1. The lowest BCUT2D eigenvalue weighted by molar-refractivity contribution is 0.289. The van der Waals surface area contributed by atoms with Gasteiger partial charge < -0.3 is 4.90 Å². The first-order valence-corrected chi connectivity index (χ1v) is 7.86. The number of nitriles is 1. The number of fused-ring (bicyclic) bond motifs is 3. The molecule has 2 aromatic rings. The minimum atomic E-state index is 0.185. The van der Waals surface area contributed by atoms with E-state index in [0.29, 0.717) is 11.7 Å². The van der Waals surface area contributed by atoms with Gasteiger partial charge in [0.05, 0.1) is 0 Å².